The molecular formula is C9H16O5. The van der Waals surface area contributed by atoms with Crippen LogP contribution in [0.25, 0.3) is 0 Å². The molecule has 1 heterocycles. The van der Waals surface area contributed by atoms with Crippen LogP contribution < -0.4 is 0 Å². The molecule has 1 saturated heterocycles. The summed E-state index contributed by atoms with van der Waals surface area (Å²) in [5, 5.41) is 8.48. The Morgan fingerprint density at radius 3 is 2.50 bits per heavy atom. The highest BCUT2D eigenvalue weighted by molar-refractivity contribution is 5.57. The van der Waals surface area contributed by atoms with Crippen molar-refractivity contribution in [2.75, 3.05) is 0 Å². The van der Waals surface area contributed by atoms with Crippen molar-refractivity contribution in [3.05, 3.63) is 0 Å². The van der Waals surface area contributed by atoms with Gasteiger partial charge in [0.1, 0.15) is 0 Å². The fraction of sp³-hybridized carbons (Fsp3) is 0.889. The first-order valence-electron chi connectivity index (χ1n) is 4.93. The van der Waals surface area contributed by atoms with Gasteiger partial charge < -0.3 is 9.84 Å². The van der Waals surface area contributed by atoms with Gasteiger partial charge in [0.05, 0.1) is 5.92 Å². The molecule has 0 bridgehead atoms. The molecule has 0 aromatic heterocycles. The standard InChI is InChI=1S/C9H16O5/c1-3-5-6-7(4-2)9(13-14-9)12-8(10)11/h7H,3-6H2,1-2H3,(H,10,11). The van der Waals surface area contributed by atoms with Crippen molar-refractivity contribution in [2.45, 2.75) is 45.5 Å². The van der Waals surface area contributed by atoms with E-state index in [1.54, 1.807) is 0 Å². The second-order valence-corrected chi connectivity index (χ2v) is 3.39. The van der Waals surface area contributed by atoms with E-state index in [1.165, 1.54) is 0 Å². The Morgan fingerprint density at radius 2 is 2.14 bits per heavy atom. The first kappa shape index (κ1) is 11.3. The van der Waals surface area contributed by atoms with Crippen molar-refractivity contribution in [1.29, 1.82) is 0 Å². The third-order valence-electron chi connectivity index (χ3n) is 2.38. The molecule has 0 radical (unpaired) electrons. The summed E-state index contributed by atoms with van der Waals surface area (Å²) >= 11 is 0. The fourth-order valence-corrected chi connectivity index (χ4v) is 1.50. The summed E-state index contributed by atoms with van der Waals surface area (Å²) in [5.41, 5.74) is 0. The second-order valence-electron chi connectivity index (χ2n) is 3.39. The van der Waals surface area contributed by atoms with E-state index in [9.17, 15) is 4.79 Å². The number of carbonyl (C=O) groups is 1. The quantitative estimate of drug-likeness (QED) is 0.409. The van der Waals surface area contributed by atoms with Crippen LogP contribution in [0.15, 0.2) is 0 Å². The van der Waals surface area contributed by atoms with Gasteiger partial charge in [0, 0.05) is 0 Å². The summed E-state index contributed by atoms with van der Waals surface area (Å²) in [5.74, 6) is -1.33. The summed E-state index contributed by atoms with van der Waals surface area (Å²) in [6.45, 7) is 4.03. The Labute approximate surface area is 82.9 Å². The molecule has 0 spiro atoms. The average molecular weight is 204 g/mol. The van der Waals surface area contributed by atoms with E-state index in [1.807, 2.05) is 6.92 Å². The van der Waals surface area contributed by atoms with Crippen LogP contribution in [0.2, 0.25) is 0 Å². The number of hydrogen-bond acceptors (Lipinski definition) is 4. The Kier molecular flexibility index (Phi) is 3.71. The monoisotopic (exact) mass is 204 g/mol. The fourth-order valence-electron chi connectivity index (χ4n) is 1.50. The molecule has 5 heteroatoms. The molecule has 1 unspecified atom stereocenters. The molecule has 0 aromatic carbocycles. The maximum absolute atomic E-state index is 10.4. The zero-order valence-corrected chi connectivity index (χ0v) is 8.49. The van der Waals surface area contributed by atoms with Gasteiger partial charge in [-0.25, -0.2) is 4.79 Å². The SMILES string of the molecule is CCCCC(CC)C1(OC(=O)O)OO1. The molecule has 0 saturated carbocycles. The van der Waals surface area contributed by atoms with Gasteiger partial charge in [-0.15, -0.1) is 0 Å². The summed E-state index contributed by atoms with van der Waals surface area (Å²) in [6.07, 6.45) is 2.32. The first-order chi connectivity index (χ1) is 6.64. The Morgan fingerprint density at radius 1 is 1.50 bits per heavy atom. The van der Waals surface area contributed by atoms with E-state index in [-0.39, 0.29) is 5.92 Å². The van der Waals surface area contributed by atoms with E-state index in [2.05, 4.69) is 21.4 Å². The normalized spacial score (nSPS) is 20.1. The van der Waals surface area contributed by atoms with Crippen molar-refractivity contribution < 1.29 is 24.4 Å². The van der Waals surface area contributed by atoms with Crippen LogP contribution in [0, 0.1) is 5.92 Å². The molecule has 0 amide bonds. The van der Waals surface area contributed by atoms with E-state index in [0.29, 0.717) is 0 Å². The first-order valence-corrected chi connectivity index (χ1v) is 4.93. The molecule has 14 heavy (non-hydrogen) atoms. The number of hydrogen-bond donors (Lipinski definition) is 1. The van der Waals surface area contributed by atoms with Crippen molar-refractivity contribution in [1.82, 2.24) is 0 Å². The lowest BCUT2D eigenvalue weighted by atomic mass is 9.97. The molecule has 1 aliphatic rings. The topological polar surface area (TPSA) is 71.6 Å². The lowest BCUT2D eigenvalue weighted by molar-refractivity contribution is -0.0691. The average Bonchev–Trinajstić information content (AvgIpc) is 2.86. The Balaban J connectivity index is 2.46. The number of ether oxygens (including phenoxy) is 1. The predicted octanol–water partition coefficient (Wildman–Crippen LogP) is 2.51. The van der Waals surface area contributed by atoms with Gasteiger partial charge in [0.2, 0.25) is 0 Å². The van der Waals surface area contributed by atoms with Crippen molar-refractivity contribution in [3.63, 3.8) is 0 Å². The summed E-state index contributed by atoms with van der Waals surface area (Å²) in [6, 6.07) is 0. The lowest BCUT2D eigenvalue weighted by Crippen LogP contribution is -2.29. The summed E-state index contributed by atoms with van der Waals surface area (Å²) in [4.78, 5) is 19.7. The predicted molar refractivity (Wildman–Crippen MR) is 47.3 cm³/mol. The van der Waals surface area contributed by atoms with Crippen LogP contribution >= 0.6 is 0 Å². The van der Waals surface area contributed by atoms with Gasteiger partial charge in [-0.1, -0.05) is 26.7 Å². The maximum Gasteiger partial charge on any atom is 0.510 e. The minimum Gasteiger partial charge on any atom is -0.450 e. The van der Waals surface area contributed by atoms with Gasteiger partial charge in [0.25, 0.3) is 0 Å². The number of rotatable bonds is 6. The molecule has 1 aliphatic heterocycles. The highest BCUT2D eigenvalue weighted by Crippen LogP contribution is 2.42. The Hall–Kier alpha value is -0.810. The molecule has 1 rings (SSSR count). The molecule has 0 aromatic rings. The molecular weight excluding hydrogens is 188 g/mol. The van der Waals surface area contributed by atoms with Gasteiger partial charge in [0.15, 0.2) is 0 Å². The van der Waals surface area contributed by atoms with Crippen LogP contribution in [-0.4, -0.2) is 17.2 Å². The highest BCUT2D eigenvalue weighted by atomic mass is 17.5. The van der Waals surface area contributed by atoms with Crippen LogP contribution in [0.3, 0.4) is 0 Å². The second kappa shape index (κ2) is 4.61. The molecule has 1 atom stereocenters. The van der Waals surface area contributed by atoms with Crippen LogP contribution in [0.4, 0.5) is 4.79 Å². The van der Waals surface area contributed by atoms with Crippen LogP contribution in [0.5, 0.6) is 0 Å². The molecule has 82 valence electrons. The van der Waals surface area contributed by atoms with Gasteiger partial charge >= 0.3 is 12.1 Å². The Bertz CT molecular complexity index is 199. The van der Waals surface area contributed by atoms with Crippen molar-refractivity contribution in [2.24, 2.45) is 5.92 Å². The molecule has 0 aliphatic carbocycles. The van der Waals surface area contributed by atoms with Crippen molar-refractivity contribution >= 4 is 6.16 Å². The van der Waals surface area contributed by atoms with Gasteiger partial charge in [-0.2, -0.15) is 9.78 Å². The molecule has 1 N–H and O–H groups in total. The highest BCUT2D eigenvalue weighted by Gasteiger charge is 2.59. The van der Waals surface area contributed by atoms with Gasteiger partial charge in [-0.3, -0.25) is 0 Å². The molecule has 1 fully saturated rings. The minimum atomic E-state index is -1.36. The van der Waals surface area contributed by atoms with Crippen LogP contribution in [0.1, 0.15) is 39.5 Å². The van der Waals surface area contributed by atoms with Gasteiger partial charge in [-0.05, 0) is 12.8 Å². The van der Waals surface area contributed by atoms with E-state index < -0.39 is 12.1 Å². The number of unbranched alkanes of at least 4 members (excludes halogenated alkanes) is 1. The maximum atomic E-state index is 10.4. The van der Waals surface area contributed by atoms with E-state index >= 15 is 0 Å². The number of carboxylic acid groups (broad SMARTS) is 1. The zero-order valence-electron chi connectivity index (χ0n) is 8.49. The smallest absolute Gasteiger partial charge is 0.450 e. The third-order valence-corrected chi connectivity index (χ3v) is 2.38. The van der Waals surface area contributed by atoms with Crippen LogP contribution in [-0.2, 0) is 14.5 Å². The summed E-state index contributed by atoms with van der Waals surface area (Å²) < 4.78 is 4.57. The van der Waals surface area contributed by atoms with E-state index in [0.717, 1.165) is 25.7 Å². The summed E-state index contributed by atoms with van der Waals surface area (Å²) in [7, 11) is 0. The van der Waals surface area contributed by atoms with E-state index in [4.69, 9.17) is 5.11 Å². The third kappa shape index (κ3) is 2.59. The molecule has 5 nitrogen and oxygen atoms in total. The minimum absolute atomic E-state index is 0.0152. The largest absolute Gasteiger partial charge is 0.510 e. The van der Waals surface area contributed by atoms with Crippen molar-refractivity contribution in [3.8, 4) is 0 Å². The zero-order chi connectivity index (χ0) is 10.6. The lowest BCUT2D eigenvalue weighted by Gasteiger charge is -2.16.